The van der Waals surface area contributed by atoms with E-state index in [0.29, 0.717) is 24.3 Å². The fourth-order valence-corrected chi connectivity index (χ4v) is 3.69. The maximum Gasteiger partial charge on any atom is 0.408 e. The Kier molecular flexibility index (Phi) is 12.0. The molecule has 7 nitrogen and oxygen atoms in total. The summed E-state index contributed by atoms with van der Waals surface area (Å²) in [5, 5.41) is 5.54. The van der Waals surface area contributed by atoms with E-state index >= 15 is 0 Å². The average Bonchev–Trinajstić information content (AvgIpc) is 2.75. The maximum absolute atomic E-state index is 13.6. The summed E-state index contributed by atoms with van der Waals surface area (Å²) in [6.45, 7) is 11.7. The molecule has 0 spiro atoms. The van der Waals surface area contributed by atoms with Gasteiger partial charge >= 0.3 is 6.09 Å². The molecule has 34 heavy (non-hydrogen) atoms. The molecule has 0 aliphatic carbocycles. The summed E-state index contributed by atoms with van der Waals surface area (Å²) in [5.74, 6) is -0.276. The molecule has 2 unspecified atom stereocenters. The van der Waals surface area contributed by atoms with Crippen molar-refractivity contribution in [3.05, 3.63) is 34.9 Å². The van der Waals surface area contributed by atoms with E-state index < -0.39 is 29.7 Å². The lowest BCUT2D eigenvalue weighted by Crippen LogP contribution is -2.51. The number of amides is 3. The highest BCUT2D eigenvalue weighted by atomic mass is 32.2. The molecule has 0 bridgehead atoms. The molecule has 8 heteroatoms. The van der Waals surface area contributed by atoms with E-state index in [9.17, 15) is 14.4 Å². The number of hydrogen-bond donors (Lipinski definition) is 2. The van der Waals surface area contributed by atoms with E-state index in [1.807, 2.05) is 45.2 Å². The molecule has 1 rings (SSSR count). The largest absolute Gasteiger partial charge is 0.444 e. The van der Waals surface area contributed by atoms with Gasteiger partial charge in [0.15, 0.2) is 0 Å². The third kappa shape index (κ3) is 9.30. The van der Waals surface area contributed by atoms with E-state index in [2.05, 4.69) is 16.7 Å². The van der Waals surface area contributed by atoms with Crippen LogP contribution in [0, 0.1) is 26.3 Å². The van der Waals surface area contributed by atoms with Crippen LogP contribution in [0.4, 0.5) is 4.79 Å². The standard InChI is InChI=1S/C26H39N3O4S/c1-9-11-15-27-23(30)22(20-13-12-18(3)19(4)17-20)29(10-2)24(31)21(14-16-34-8)28-25(32)33-26(5,6)7/h2,12-13,17,21-22H,9,11,14-16H2,1,3-8H3,(H,27,30)(H,28,32). The van der Waals surface area contributed by atoms with Crippen molar-refractivity contribution in [1.82, 2.24) is 15.5 Å². The van der Waals surface area contributed by atoms with Crippen molar-refractivity contribution in [2.24, 2.45) is 0 Å². The topological polar surface area (TPSA) is 87.7 Å². The zero-order valence-electron chi connectivity index (χ0n) is 21.5. The first-order valence-corrected chi connectivity index (χ1v) is 13.0. The first-order valence-electron chi connectivity index (χ1n) is 11.6. The molecule has 1 aromatic carbocycles. The van der Waals surface area contributed by atoms with Crippen LogP contribution in [0.25, 0.3) is 0 Å². The highest BCUT2D eigenvalue weighted by molar-refractivity contribution is 7.98. The second kappa shape index (κ2) is 13.9. The lowest BCUT2D eigenvalue weighted by molar-refractivity contribution is -0.138. The quantitative estimate of drug-likeness (QED) is 0.274. The molecule has 0 saturated heterocycles. The van der Waals surface area contributed by atoms with Crippen LogP contribution in [-0.4, -0.2) is 53.0 Å². The Morgan fingerprint density at radius 2 is 1.88 bits per heavy atom. The molecule has 0 aliphatic heterocycles. The van der Waals surface area contributed by atoms with Gasteiger partial charge in [-0.05, 0) is 76.2 Å². The monoisotopic (exact) mass is 489 g/mol. The van der Waals surface area contributed by atoms with Crippen LogP contribution in [0.3, 0.4) is 0 Å². The maximum atomic E-state index is 13.6. The van der Waals surface area contributed by atoms with Crippen molar-refractivity contribution < 1.29 is 19.1 Å². The summed E-state index contributed by atoms with van der Waals surface area (Å²) in [6, 6.07) is 6.03. The fourth-order valence-electron chi connectivity index (χ4n) is 3.21. The zero-order chi connectivity index (χ0) is 25.9. The molecule has 2 N–H and O–H groups in total. The van der Waals surface area contributed by atoms with Gasteiger partial charge in [0.25, 0.3) is 5.91 Å². The number of hydrogen-bond acceptors (Lipinski definition) is 5. The van der Waals surface area contributed by atoms with Gasteiger partial charge in [-0.2, -0.15) is 11.8 Å². The second-order valence-electron chi connectivity index (χ2n) is 9.21. The number of aryl methyl sites for hydroxylation is 2. The lowest BCUT2D eigenvalue weighted by atomic mass is 9.98. The molecule has 0 fully saturated rings. The Bertz CT molecular complexity index is 889. The zero-order valence-corrected chi connectivity index (χ0v) is 22.3. The minimum Gasteiger partial charge on any atom is -0.444 e. The number of nitrogens with one attached hydrogen (secondary N) is 2. The van der Waals surface area contributed by atoms with Gasteiger partial charge in [-0.1, -0.05) is 38.0 Å². The summed E-state index contributed by atoms with van der Waals surface area (Å²) in [5.41, 5.74) is 1.95. The third-order valence-electron chi connectivity index (χ3n) is 5.16. The number of carbonyl (C=O) groups excluding carboxylic acids is 3. The SMILES string of the molecule is C#CN(C(=O)C(CCSC)NC(=O)OC(C)(C)C)C(C(=O)NCCCC)c1ccc(C)c(C)c1. The number of nitrogens with zero attached hydrogens (tertiary/aromatic N) is 1. The number of terminal acetylenes is 1. The Labute approximate surface area is 208 Å². The van der Waals surface area contributed by atoms with Gasteiger partial charge in [0.05, 0.1) is 0 Å². The van der Waals surface area contributed by atoms with Gasteiger partial charge in [-0.25, -0.2) is 4.79 Å². The van der Waals surface area contributed by atoms with Gasteiger partial charge in [-0.15, -0.1) is 0 Å². The van der Waals surface area contributed by atoms with E-state index in [0.717, 1.165) is 28.9 Å². The highest BCUT2D eigenvalue weighted by Crippen LogP contribution is 2.25. The van der Waals surface area contributed by atoms with Crippen molar-refractivity contribution in [2.45, 2.75) is 78.5 Å². The summed E-state index contributed by atoms with van der Waals surface area (Å²) < 4.78 is 5.34. The smallest absolute Gasteiger partial charge is 0.408 e. The van der Waals surface area contributed by atoms with Crippen molar-refractivity contribution in [3.63, 3.8) is 0 Å². The first kappa shape index (κ1) is 29.4. The number of carbonyl (C=O) groups is 3. The molecule has 0 radical (unpaired) electrons. The Morgan fingerprint density at radius 3 is 2.41 bits per heavy atom. The molecule has 0 heterocycles. The molecule has 1 aromatic rings. The molecular formula is C26H39N3O4S. The lowest BCUT2D eigenvalue weighted by Gasteiger charge is -2.30. The number of rotatable bonds is 11. The highest BCUT2D eigenvalue weighted by Gasteiger charge is 2.35. The van der Waals surface area contributed by atoms with Gasteiger partial charge < -0.3 is 15.4 Å². The van der Waals surface area contributed by atoms with Crippen LogP contribution in [-0.2, 0) is 14.3 Å². The van der Waals surface area contributed by atoms with Gasteiger partial charge in [-0.3, -0.25) is 14.5 Å². The van der Waals surface area contributed by atoms with Crippen LogP contribution in [0.15, 0.2) is 18.2 Å². The summed E-state index contributed by atoms with van der Waals surface area (Å²) in [6.07, 6.45) is 9.07. The predicted molar refractivity (Wildman–Crippen MR) is 138 cm³/mol. The van der Waals surface area contributed by atoms with E-state index in [1.54, 1.807) is 32.5 Å². The molecule has 0 aromatic heterocycles. The first-order chi connectivity index (χ1) is 15.9. The Morgan fingerprint density at radius 1 is 1.21 bits per heavy atom. The summed E-state index contributed by atoms with van der Waals surface area (Å²) in [7, 11) is 0. The summed E-state index contributed by atoms with van der Waals surface area (Å²) >= 11 is 1.54. The van der Waals surface area contributed by atoms with Crippen LogP contribution in [0.1, 0.15) is 69.7 Å². The minimum absolute atomic E-state index is 0.342. The van der Waals surface area contributed by atoms with Gasteiger partial charge in [0, 0.05) is 12.6 Å². The van der Waals surface area contributed by atoms with E-state index in [4.69, 9.17) is 11.2 Å². The van der Waals surface area contributed by atoms with E-state index in [1.165, 1.54) is 0 Å². The van der Waals surface area contributed by atoms with Crippen LogP contribution in [0.2, 0.25) is 0 Å². The van der Waals surface area contributed by atoms with Crippen molar-refractivity contribution >= 4 is 29.7 Å². The minimum atomic E-state index is -1.02. The second-order valence-corrected chi connectivity index (χ2v) is 10.2. The number of benzene rings is 1. The average molecular weight is 490 g/mol. The molecule has 2 atom stereocenters. The van der Waals surface area contributed by atoms with Crippen LogP contribution >= 0.6 is 11.8 Å². The third-order valence-corrected chi connectivity index (χ3v) is 5.80. The number of unbranched alkanes of at least 4 members (excludes halogenated alkanes) is 1. The fraction of sp³-hybridized carbons (Fsp3) is 0.577. The Balaban J connectivity index is 3.34. The number of thioether (sulfide) groups is 1. The molecule has 3 amide bonds. The Hall–Kier alpha value is -2.66. The number of ether oxygens (including phenoxy) is 1. The molecule has 188 valence electrons. The molecular weight excluding hydrogens is 450 g/mol. The predicted octanol–water partition coefficient (Wildman–Crippen LogP) is 4.33. The number of alkyl carbamates (subject to hydrolysis) is 1. The van der Waals surface area contributed by atoms with Gasteiger partial charge in [0.2, 0.25) is 5.91 Å². The normalized spacial score (nSPS) is 12.8. The van der Waals surface area contributed by atoms with Crippen LogP contribution < -0.4 is 10.6 Å². The van der Waals surface area contributed by atoms with Crippen molar-refractivity contribution in [1.29, 1.82) is 0 Å². The molecule has 0 aliphatic rings. The van der Waals surface area contributed by atoms with Gasteiger partial charge in [0.1, 0.15) is 17.7 Å². The van der Waals surface area contributed by atoms with E-state index in [-0.39, 0.29) is 5.91 Å². The van der Waals surface area contributed by atoms with Crippen molar-refractivity contribution in [3.8, 4) is 12.5 Å². The van der Waals surface area contributed by atoms with Crippen molar-refractivity contribution in [2.75, 3.05) is 18.6 Å². The van der Waals surface area contributed by atoms with Crippen LogP contribution in [0.5, 0.6) is 0 Å². The molecule has 0 saturated carbocycles. The summed E-state index contributed by atoms with van der Waals surface area (Å²) in [4.78, 5) is 40.4.